The third-order valence-corrected chi connectivity index (χ3v) is 11.0. The number of hydrogen-bond acceptors (Lipinski definition) is 4. The molecule has 8 atom stereocenters. The van der Waals surface area contributed by atoms with Gasteiger partial charge in [-0.15, -0.1) is 6.58 Å². The number of allylic oxidation sites excluding steroid dienone is 2. The highest BCUT2D eigenvalue weighted by atomic mass is 16.6. The molecule has 0 bridgehead atoms. The van der Waals surface area contributed by atoms with Crippen molar-refractivity contribution in [3.05, 3.63) is 54.1 Å². The predicted octanol–water partition coefficient (Wildman–Crippen LogP) is 7.26. The molecule has 3 saturated carbocycles. The molecule has 37 heavy (non-hydrogen) atoms. The average Bonchev–Trinajstić information content (AvgIpc) is 3.23. The summed E-state index contributed by atoms with van der Waals surface area (Å²) in [5.74, 6) is 2.52. The number of hydrogen-bond donors (Lipinski definition) is 1. The van der Waals surface area contributed by atoms with Crippen molar-refractivity contribution < 1.29 is 19.4 Å². The number of ketones is 1. The minimum atomic E-state index is -1.13. The topological polar surface area (TPSA) is 55.8 Å². The highest BCUT2D eigenvalue weighted by Gasteiger charge is 2.62. The largest absolute Gasteiger partial charge is 0.494 e. The Morgan fingerprint density at radius 2 is 1.86 bits per heavy atom. The summed E-state index contributed by atoms with van der Waals surface area (Å²) in [6.45, 7) is 13.8. The van der Waals surface area contributed by atoms with Gasteiger partial charge >= 0.3 is 0 Å². The third-order valence-electron chi connectivity index (χ3n) is 11.0. The number of benzene rings is 1. The van der Waals surface area contributed by atoms with Crippen molar-refractivity contribution in [1.82, 2.24) is 0 Å². The first-order valence-electron chi connectivity index (χ1n) is 14.5. The fourth-order valence-electron chi connectivity index (χ4n) is 9.06. The molecule has 202 valence electrons. The lowest BCUT2D eigenvalue weighted by Crippen LogP contribution is -2.55. The standard InChI is InChI=1S/C33H46O4/c1-6-8-24-19-25-20-33(35,37-21-23-9-11-26(12-10-23)36-7-2)18-17-31(25,4)29-15-16-32(5)27(22(3)34)13-14-28(32)30(24)29/h6,9-12,19,24,27-30,35H,1,7-8,13-18,20-21H2,2-5H3/t24?,27-,28+,29+,30+,31+,32-,33?/m1/s1. The summed E-state index contributed by atoms with van der Waals surface area (Å²) in [6.07, 6.45) is 12.3. The summed E-state index contributed by atoms with van der Waals surface area (Å²) in [7, 11) is 0. The second kappa shape index (κ2) is 10.0. The van der Waals surface area contributed by atoms with Crippen LogP contribution in [0.4, 0.5) is 0 Å². The Labute approximate surface area is 223 Å². The van der Waals surface area contributed by atoms with E-state index in [2.05, 4.69) is 32.6 Å². The van der Waals surface area contributed by atoms with Crippen molar-refractivity contribution in [1.29, 1.82) is 0 Å². The van der Waals surface area contributed by atoms with Crippen LogP contribution in [0.2, 0.25) is 0 Å². The molecule has 0 radical (unpaired) electrons. The van der Waals surface area contributed by atoms with E-state index in [1.165, 1.54) is 18.4 Å². The minimum absolute atomic E-state index is 0.0900. The van der Waals surface area contributed by atoms with Crippen LogP contribution < -0.4 is 4.74 Å². The molecule has 3 fully saturated rings. The highest BCUT2D eigenvalue weighted by Crippen LogP contribution is 2.68. The maximum Gasteiger partial charge on any atom is 0.169 e. The smallest absolute Gasteiger partial charge is 0.169 e. The van der Waals surface area contributed by atoms with E-state index in [4.69, 9.17) is 9.47 Å². The van der Waals surface area contributed by atoms with E-state index >= 15 is 0 Å². The van der Waals surface area contributed by atoms with Gasteiger partial charge in [-0.05, 0) is 105 Å². The summed E-state index contributed by atoms with van der Waals surface area (Å²) >= 11 is 0. The fourth-order valence-corrected chi connectivity index (χ4v) is 9.06. The average molecular weight is 507 g/mol. The fraction of sp³-hybridized carbons (Fsp3) is 0.667. The lowest BCUT2D eigenvalue weighted by Gasteiger charge is -2.60. The van der Waals surface area contributed by atoms with Gasteiger partial charge in [0.2, 0.25) is 0 Å². The molecule has 0 saturated heterocycles. The van der Waals surface area contributed by atoms with E-state index in [9.17, 15) is 9.90 Å². The number of carbonyl (C=O) groups excluding carboxylic acids is 1. The van der Waals surface area contributed by atoms with Crippen molar-refractivity contribution in [2.24, 2.45) is 40.4 Å². The lowest BCUT2D eigenvalue weighted by atomic mass is 9.45. The molecule has 4 aliphatic rings. The van der Waals surface area contributed by atoms with Crippen LogP contribution in [0.5, 0.6) is 5.75 Å². The van der Waals surface area contributed by atoms with Crippen LogP contribution in [0.15, 0.2) is 48.6 Å². The van der Waals surface area contributed by atoms with Crippen LogP contribution in [-0.4, -0.2) is 23.3 Å². The van der Waals surface area contributed by atoms with Gasteiger partial charge in [0.25, 0.3) is 0 Å². The number of fused-ring (bicyclic) bond motifs is 5. The minimum Gasteiger partial charge on any atom is -0.494 e. The summed E-state index contributed by atoms with van der Waals surface area (Å²) in [4.78, 5) is 12.6. The van der Waals surface area contributed by atoms with E-state index in [1.807, 2.05) is 31.2 Å². The van der Waals surface area contributed by atoms with Gasteiger partial charge in [-0.25, -0.2) is 0 Å². The van der Waals surface area contributed by atoms with Gasteiger partial charge in [-0.1, -0.05) is 43.7 Å². The molecule has 0 aliphatic heterocycles. The number of aliphatic hydroxyl groups is 1. The maximum absolute atomic E-state index is 12.6. The van der Waals surface area contributed by atoms with E-state index in [0.29, 0.717) is 55.5 Å². The molecule has 4 nitrogen and oxygen atoms in total. The molecular formula is C33H46O4. The number of carbonyl (C=O) groups is 1. The van der Waals surface area contributed by atoms with Gasteiger partial charge in [-0.2, -0.15) is 0 Å². The monoisotopic (exact) mass is 506 g/mol. The van der Waals surface area contributed by atoms with Crippen LogP contribution in [-0.2, 0) is 16.1 Å². The second-order valence-corrected chi connectivity index (χ2v) is 12.9. The molecule has 4 aliphatic carbocycles. The Hall–Kier alpha value is -1.91. The zero-order valence-electron chi connectivity index (χ0n) is 23.3. The van der Waals surface area contributed by atoms with Gasteiger partial charge in [0, 0.05) is 18.8 Å². The molecule has 0 spiro atoms. The molecule has 0 heterocycles. The first-order valence-corrected chi connectivity index (χ1v) is 14.5. The van der Waals surface area contributed by atoms with Crippen molar-refractivity contribution in [3.8, 4) is 5.75 Å². The van der Waals surface area contributed by atoms with Crippen LogP contribution in [0.1, 0.15) is 84.6 Å². The summed E-state index contributed by atoms with van der Waals surface area (Å²) in [5, 5.41) is 11.6. The third kappa shape index (κ3) is 4.63. The molecule has 2 unspecified atom stereocenters. The van der Waals surface area contributed by atoms with Gasteiger partial charge < -0.3 is 14.6 Å². The van der Waals surface area contributed by atoms with E-state index in [0.717, 1.165) is 37.0 Å². The van der Waals surface area contributed by atoms with E-state index in [-0.39, 0.29) is 16.7 Å². The zero-order valence-corrected chi connectivity index (χ0v) is 23.3. The van der Waals surface area contributed by atoms with Crippen molar-refractivity contribution in [3.63, 3.8) is 0 Å². The maximum atomic E-state index is 12.6. The molecule has 1 aromatic rings. The summed E-state index contributed by atoms with van der Waals surface area (Å²) in [6, 6.07) is 7.95. The molecule has 1 aromatic carbocycles. The van der Waals surface area contributed by atoms with E-state index in [1.54, 1.807) is 6.92 Å². The predicted molar refractivity (Wildman–Crippen MR) is 147 cm³/mol. The molecule has 4 heteroatoms. The van der Waals surface area contributed by atoms with Crippen LogP contribution in [0, 0.1) is 40.4 Å². The summed E-state index contributed by atoms with van der Waals surface area (Å²) in [5.41, 5.74) is 2.64. The van der Waals surface area contributed by atoms with Crippen molar-refractivity contribution >= 4 is 5.78 Å². The number of Topliss-reactive ketones (excluding diaryl/α,β-unsaturated/α-hetero) is 1. The molecule has 0 aromatic heterocycles. The van der Waals surface area contributed by atoms with Crippen LogP contribution in [0.3, 0.4) is 0 Å². The highest BCUT2D eigenvalue weighted by molar-refractivity contribution is 5.79. The lowest BCUT2D eigenvalue weighted by molar-refractivity contribution is -0.232. The Morgan fingerprint density at radius 3 is 2.54 bits per heavy atom. The molecule has 5 rings (SSSR count). The zero-order chi connectivity index (χ0) is 26.4. The van der Waals surface area contributed by atoms with Crippen LogP contribution in [0.25, 0.3) is 0 Å². The number of rotatable bonds is 8. The van der Waals surface area contributed by atoms with E-state index < -0.39 is 5.79 Å². The summed E-state index contributed by atoms with van der Waals surface area (Å²) < 4.78 is 11.8. The van der Waals surface area contributed by atoms with Gasteiger partial charge in [0.05, 0.1) is 13.2 Å². The quantitative estimate of drug-likeness (QED) is 0.298. The first kappa shape index (κ1) is 26.7. The van der Waals surface area contributed by atoms with Gasteiger partial charge in [-0.3, -0.25) is 4.79 Å². The normalized spacial score (nSPS) is 40.7. The van der Waals surface area contributed by atoms with Crippen molar-refractivity contribution in [2.45, 2.75) is 91.5 Å². The van der Waals surface area contributed by atoms with Crippen molar-refractivity contribution in [2.75, 3.05) is 6.61 Å². The second-order valence-electron chi connectivity index (χ2n) is 12.9. The molecule has 0 amide bonds. The first-order chi connectivity index (χ1) is 17.6. The molecule has 1 N–H and O–H groups in total. The van der Waals surface area contributed by atoms with Crippen LogP contribution >= 0.6 is 0 Å². The molecular weight excluding hydrogens is 460 g/mol. The Balaban J connectivity index is 1.37. The Morgan fingerprint density at radius 1 is 1.11 bits per heavy atom. The Kier molecular flexibility index (Phi) is 7.21. The van der Waals surface area contributed by atoms with Gasteiger partial charge in [0.15, 0.2) is 5.79 Å². The SMILES string of the molecule is C=CCC1C=C2CC(O)(OCc3ccc(OCC)cc3)CC[C@]2(C)[C@H]2CC[C@]3(C)[C@@H](C(C)=O)CC[C@H]3[C@H]12. The van der Waals surface area contributed by atoms with Gasteiger partial charge in [0.1, 0.15) is 11.5 Å². The number of ether oxygens (including phenoxy) is 2. The Bertz CT molecular complexity index is 1040.